The Kier molecular flexibility index (Phi) is 2.54. The van der Waals surface area contributed by atoms with Gasteiger partial charge in [-0.1, -0.05) is 12.1 Å². The molecular formula is C13H14O3. The third-order valence-electron chi connectivity index (χ3n) is 3.29. The van der Waals surface area contributed by atoms with E-state index in [0.29, 0.717) is 6.42 Å². The Bertz CT molecular complexity index is 474. The molecule has 1 aliphatic carbocycles. The van der Waals surface area contributed by atoms with Crippen molar-refractivity contribution in [3.63, 3.8) is 0 Å². The molecule has 1 atom stereocenters. The average molecular weight is 218 g/mol. The minimum atomic E-state index is -0.638. The van der Waals surface area contributed by atoms with Crippen LogP contribution < -0.4 is 0 Å². The highest BCUT2D eigenvalue weighted by molar-refractivity contribution is 6.13. The summed E-state index contributed by atoms with van der Waals surface area (Å²) in [5, 5.41) is 0. The van der Waals surface area contributed by atoms with E-state index in [1.165, 1.54) is 7.11 Å². The maximum Gasteiger partial charge on any atom is 0.316 e. The fourth-order valence-corrected chi connectivity index (χ4v) is 2.20. The zero-order chi connectivity index (χ0) is 11.9. The van der Waals surface area contributed by atoms with Crippen LogP contribution in [0, 0.1) is 19.8 Å². The van der Waals surface area contributed by atoms with Gasteiger partial charge in [-0.2, -0.15) is 0 Å². The molecule has 0 heterocycles. The van der Waals surface area contributed by atoms with Crippen molar-refractivity contribution < 1.29 is 14.3 Å². The Labute approximate surface area is 94.4 Å². The van der Waals surface area contributed by atoms with Crippen molar-refractivity contribution in [2.75, 3.05) is 7.11 Å². The van der Waals surface area contributed by atoms with E-state index < -0.39 is 11.9 Å². The number of esters is 1. The summed E-state index contributed by atoms with van der Waals surface area (Å²) in [6.07, 6.45) is 0.474. The van der Waals surface area contributed by atoms with Crippen LogP contribution in [0.2, 0.25) is 0 Å². The van der Waals surface area contributed by atoms with Crippen LogP contribution in [0.1, 0.15) is 27.0 Å². The topological polar surface area (TPSA) is 43.4 Å². The molecule has 0 saturated heterocycles. The molecule has 2 rings (SSSR count). The van der Waals surface area contributed by atoms with E-state index in [9.17, 15) is 9.59 Å². The van der Waals surface area contributed by atoms with Crippen molar-refractivity contribution in [1.82, 2.24) is 0 Å². The van der Waals surface area contributed by atoms with Crippen LogP contribution in [0.3, 0.4) is 0 Å². The van der Waals surface area contributed by atoms with Crippen LogP contribution in [0.25, 0.3) is 0 Å². The molecule has 3 heteroatoms. The molecule has 1 aromatic carbocycles. The molecule has 0 unspecified atom stereocenters. The lowest BCUT2D eigenvalue weighted by atomic mass is 9.99. The number of hydrogen-bond acceptors (Lipinski definition) is 3. The van der Waals surface area contributed by atoms with Crippen LogP contribution in [0.15, 0.2) is 12.1 Å². The van der Waals surface area contributed by atoms with Crippen LogP contribution in [-0.2, 0) is 16.0 Å². The van der Waals surface area contributed by atoms with Gasteiger partial charge >= 0.3 is 5.97 Å². The normalized spacial score (nSPS) is 18.4. The standard InChI is InChI=1S/C13H14O3/c1-7-4-5-9-6-10(13(15)16-3)12(14)11(9)8(7)2/h4-5,10H,6H2,1-3H3/t10-/m1/s1. The molecule has 0 bridgehead atoms. The first-order valence-corrected chi connectivity index (χ1v) is 5.27. The van der Waals surface area contributed by atoms with Crippen LogP contribution in [0.4, 0.5) is 0 Å². The summed E-state index contributed by atoms with van der Waals surface area (Å²) in [5.74, 6) is -1.16. The molecule has 0 spiro atoms. The van der Waals surface area contributed by atoms with Gasteiger partial charge in [0.2, 0.25) is 0 Å². The third kappa shape index (κ3) is 1.43. The van der Waals surface area contributed by atoms with Crippen LogP contribution in [0.5, 0.6) is 0 Å². The number of carbonyl (C=O) groups excluding carboxylic acids is 2. The summed E-state index contributed by atoms with van der Waals surface area (Å²) in [4.78, 5) is 23.5. The van der Waals surface area contributed by atoms with E-state index in [2.05, 4.69) is 4.74 Å². The Balaban J connectivity index is 2.47. The van der Waals surface area contributed by atoms with Gasteiger partial charge in [0.1, 0.15) is 5.92 Å². The summed E-state index contributed by atoms with van der Waals surface area (Å²) in [6.45, 7) is 3.89. The van der Waals surface area contributed by atoms with E-state index in [1.807, 2.05) is 26.0 Å². The van der Waals surface area contributed by atoms with Gasteiger partial charge in [0.05, 0.1) is 7.11 Å². The largest absolute Gasteiger partial charge is 0.468 e. The zero-order valence-electron chi connectivity index (χ0n) is 9.66. The number of carbonyl (C=O) groups is 2. The lowest BCUT2D eigenvalue weighted by Crippen LogP contribution is -2.22. The van der Waals surface area contributed by atoms with Crippen molar-refractivity contribution in [3.05, 3.63) is 34.4 Å². The van der Waals surface area contributed by atoms with Gasteiger partial charge in [-0.05, 0) is 37.0 Å². The Hall–Kier alpha value is -1.64. The number of aryl methyl sites for hydroxylation is 1. The minimum absolute atomic E-state index is 0.0944. The lowest BCUT2D eigenvalue weighted by molar-refractivity contribution is -0.143. The van der Waals surface area contributed by atoms with Gasteiger partial charge in [-0.3, -0.25) is 9.59 Å². The van der Waals surface area contributed by atoms with Crippen LogP contribution >= 0.6 is 0 Å². The Morgan fingerprint density at radius 1 is 1.38 bits per heavy atom. The fraction of sp³-hybridized carbons (Fsp3) is 0.385. The average Bonchev–Trinajstić information content (AvgIpc) is 2.61. The highest BCUT2D eigenvalue weighted by Gasteiger charge is 2.37. The second-order valence-corrected chi connectivity index (χ2v) is 4.19. The number of ether oxygens (including phenoxy) is 1. The van der Waals surface area contributed by atoms with Gasteiger partial charge in [0.15, 0.2) is 5.78 Å². The molecular weight excluding hydrogens is 204 g/mol. The number of benzene rings is 1. The predicted octanol–water partition coefficient (Wildman–Crippen LogP) is 1.83. The minimum Gasteiger partial charge on any atom is -0.468 e. The molecule has 3 nitrogen and oxygen atoms in total. The lowest BCUT2D eigenvalue weighted by Gasteiger charge is -2.06. The molecule has 1 aliphatic rings. The highest BCUT2D eigenvalue weighted by atomic mass is 16.5. The molecule has 0 aromatic heterocycles. The first-order valence-electron chi connectivity index (χ1n) is 5.27. The first kappa shape index (κ1) is 10.9. The fourth-order valence-electron chi connectivity index (χ4n) is 2.20. The molecule has 84 valence electrons. The summed E-state index contributed by atoms with van der Waals surface area (Å²) in [7, 11) is 1.32. The number of methoxy groups -OCH3 is 1. The number of rotatable bonds is 1. The quantitative estimate of drug-likeness (QED) is 0.533. The maximum absolute atomic E-state index is 12.1. The molecule has 0 radical (unpaired) electrons. The van der Waals surface area contributed by atoms with Gasteiger partial charge in [0.25, 0.3) is 0 Å². The Morgan fingerprint density at radius 2 is 2.06 bits per heavy atom. The summed E-state index contributed by atoms with van der Waals surface area (Å²) in [6, 6.07) is 3.92. The number of hydrogen-bond donors (Lipinski definition) is 0. The van der Waals surface area contributed by atoms with E-state index in [4.69, 9.17) is 0 Å². The van der Waals surface area contributed by atoms with Gasteiger partial charge < -0.3 is 4.74 Å². The van der Waals surface area contributed by atoms with Crippen molar-refractivity contribution in [3.8, 4) is 0 Å². The van der Waals surface area contributed by atoms with E-state index >= 15 is 0 Å². The molecule has 0 N–H and O–H groups in total. The van der Waals surface area contributed by atoms with E-state index in [-0.39, 0.29) is 5.78 Å². The van der Waals surface area contributed by atoms with Crippen molar-refractivity contribution in [2.24, 2.45) is 5.92 Å². The summed E-state index contributed by atoms with van der Waals surface area (Å²) in [5.41, 5.74) is 3.74. The highest BCUT2D eigenvalue weighted by Crippen LogP contribution is 2.31. The van der Waals surface area contributed by atoms with E-state index in [0.717, 1.165) is 22.3 Å². The number of ketones is 1. The van der Waals surface area contributed by atoms with Gasteiger partial charge in [0, 0.05) is 5.56 Å². The molecule has 16 heavy (non-hydrogen) atoms. The van der Waals surface area contributed by atoms with Crippen molar-refractivity contribution in [1.29, 1.82) is 0 Å². The first-order chi connectivity index (χ1) is 7.56. The van der Waals surface area contributed by atoms with Crippen LogP contribution in [-0.4, -0.2) is 18.9 Å². The Morgan fingerprint density at radius 3 is 2.69 bits per heavy atom. The monoisotopic (exact) mass is 218 g/mol. The van der Waals surface area contributed by atoms with Gasteiger partial charge in [-0.15, -0.1) is 0 Å². The third-order valence-corrected chi connectivity index (χ3v) is 3.29. The second-order valence-electron chi connectivity index (χ2n) is 4.19. The molecule has 0 amide bonds. The van der Waals surface area contributed by atoms with Crippen molar-refractivity contribution >= 4 is 11.8 Å². The zero-order valence-corrected chi connectivity index (χ0v) is 9.66. The smallest absolute Gasteiger partial charge is 0.316 e. The van der Waals surface area contributed by atoms with E-state index in [1.54, 1.807) is 0 Å². The predicted molar refractivity (Wildman–Crippen MR) is 59.5 cm³/mol. The number of fused-ring (bicyclic) bond motifs is 1. The molecule has 0 fully saturated rings. The van der Waals surface area contributed by atoms with Gasteiger partial charge in [-0.25, -0.2) is 0 Å². The summed E-state index contributed by atoms with van der Waals surface area (Å²) >= 11 is 0. The SMILES string of the molecule is COC(=O)[C@@H]1Cc2ccc(C)c(C)c2C1=O. The summed E-state index contributed by atoms with van der Waals surface area (Å²) < 4.78 is 4.65. The van der Waals surface area contributed by atoms with Crippen molar-refractivity contribution in [2.45, 2.75) is 20.3 Å². The second kappa shape index (κ2) is 3.74. The number of Topliss-reactive ketones (excluding diaryl/α,β-unsaturated/α-hetero) is 1. The molecule has 0 aliphatic heterocycles. The molecule has 1 aromatic rings. The maximum atomic E-state index is 12.1. The molecule has 0 saturated carbocycles.